The average Bonchev–Trinajstić information content (AvgIpc) is 2.20. The van der Waals surface area contributed by atoms with E-state index in [1.165, 1.54) is 11.3 Å². The predicted octanol–water partition coefficient (Wildman–Crippen LogP) is 3.41. The van der Waals surface area contributed by atoms with Gasteiger partial charge < -0.3 is 4.90 Å². The van der Waals surface area contributed by atoms with Gasteiger partial charge in [-0.25, -0.2) is 0 Å². The summed E-state index contributed by atoms with van der Waals surface area (Å²) in [5.74, 6) is 0. The lowest BCUT2D eigenvalue weighted by atomic mass is 10.1. The standard InChI is InChI=1S/C11H17ClN2/c1-4-14(5-2)10-6-7-11(13-12)9(3)8-10/h6-8,13H,4-5H2,1-3H3. The van der Waals surface area contributed by atoms with Crippen LogP contribution < -0.4 is 9.74 Å². The minimum Gasteiger partial charge on any atom is -0.372 e. The van der Waals surface area contributed by atoms with Crippen LogP contribution in [0.3, 0.4) is 0 Å². The van der Waals surface area contributed by atoms with Gasteiger partial charge in [-0.1, -0.05) is 0 Å². The Morgan fingerprint density at radius 1 is 1.29 bits per heavy atom. The van der Waals surface area contributed by atoms with Crippen LogP contribution >= 0.6 is 11.8 Å². The van der Waals surface area contributed by atoms with Crippen LogP contribution in [0.4, 0.5) is 11.4 Å². The molecule has 0 fully saturated rings. The van der Waals surface area contributed by atoms with E-state index in [-0.39, 0.29) is 0 Å². The molecule has 0 saturated carbocycles. The summed E-state index contributed by atoms with van der Waals surface area (Å²) in [5, 5.41) is 0. The summed E-state index contributed by atoms with van der Waals surface area (Å²) in [6.45, 7) is 8.43. The maximum absolute atomic E-state index is 5.57. The largest absolute Gasteiger partial charge is 0.372 e. The second-order valence-electron chi connectivity index (χ2n) is 3.27. The number of anilines is 2. The number of nitrogens with one attached hydrogen (secondary N) is 1. The van der Waals surface area contributed by atoms with Crippen LogP contribution in [-0.4, -0.2) is 13.1 Å². The summed E-state index contributed by atoms with van der Waals surface area (Å²) in [4.78, 5) is 4.96. The molecule has 3 heteroatoms. The minimum absolute atomic E-state index is 0.975. The topological polar surface area (TPSA) is 15.3 Å². The van der Waals surface area contributed by atoms with Crippen molar-refractivity contribution in [2.45, 2.75) is 20.8 Å². The molecule has 0 amide bonds. The molecule has 0 aliphatic carbocycles. The molecular weight excluding hydrogens is 196 g/mol. The Morgan fingerprint density at radius 2 is 1.93 bits per heavy atom. The quantitative estimate of drug-likeness (QED) is 0.770. The molecule has 0 unspecified atom stereocenters. The summed E-state index contributed by atoms with van der Waals surface area (Å²) < 4.78 is 0. The third kappa shape index (κ3) is 2.32. The van der Waals surface area contributed by atoms with Crippen molar-refractivity contribution < 1.29 is 0 Å². The summed E-state index contributed by atoms with van der Waals surface area (Å²) in [6, 6.07) is 6.25. The van der Waals surface area contributed by atoms with E-state index in [0.717, 1.165) is 18.8 Å². The molecule has 0 aliphatic heterocycles. The van der Waals surface area contributed by atoms with E-state index in [0.29, 0.717) is 0 Å². The predicted molar refractivity (Wildman–Crippen MR) is 64.2 cm³/mol. The van der Waals surface area contributed by atoms with E-state index in [9.17, 15) is 0 Å². The highest BCUT2D eigenvalue weighted by atomic mass is 35.5. The lowest BCUT2D eigenvalue weighted by molar-refractivity contribution is 0.866. The zero-order chi connectivity index (χ0) is 10.6. The van der Waals surface area contributed by atoms with Gasteiger partial charge in [0.05, 0.1) is 5.69 Å². The Morgan fingerprint density at radius 3 is 2.36 bits per heavy atom. The van der Waals surface area contributed by atoms with Crippen LogP contribution in [0.25, 0.3) is 0 Å². The lowest BCUT2D eigenvalue weighted by Gasteiger charge is -2.21. The summed E-state index contributed by atoms with van der Waals surface area (Å²) >= 11 is 5.57. The van der Waals surface area contributed by atoms with Gasteiger partial charge in [0.25, 0.3) is 0 Å². The number of rotatable bonds is 4. The summed E-state index contributed by atoms with van der Waals surface area (Å²) in [6.07, 6.45) is 0. The molecule has 0 saturated heterocycles. The van der Waals surface area contributed by atoms with Crippen molar-refractivity contribution in [1.29, 1.82) is 0 Å². The van der Waals surface area contributed by atoms with Crippen molar-refractivity contribution in [3.8, 4) is 0 Å². The van der Waals surface area contributed by atoms with Gasteiger partial charge in [-0.05, 0) is 44.5 Å². The molecule has 2 nitrogen and oxygen atoms in total. The van der Waals surface area contributed by atoms with Crippen LogP contribution in [0, 0.1) is 6.92 Å². The van der Waals surface area contributed by atoms with Crippen LogP contribution in [-0.2, 0) is 0 Å². The van der Waals surface area contributed by atoms with Gasteiger partial charge in [0.15, 0.2) is 0 Å². The summed E-state index contributed by atoms with van der Waals surface area (Å²) in [5.41, 5.74) is 3.40. The van der Waals surface area contributed by atoms with Gasteiger partial charge in [-0.3, -0.25) is 4.84 Å². The fourth-order valence-corrected chi connectivity index (χ4v) is 1.75. The fraction of sp³-hybridized carbons (Fsp3) is 0.455. The normalized spacial score (nSPS) is 10.0. The molecule has 78 valence electrons. The van der Waals surface area contributed by atoms with E-state index in [2.05, 4.69) is 42.6 Å². The van der Waals surface area contributed by atoms with E-state index >= 15 is 0 Å². The molecule has 1 N–H and O–H groups in total. The molecule has 1 rings (SSSR count). The minimum atomic E-state index is 0.975. The van der Waals surface area contributed by atoms with Gasteiger partial charge in [0.2, 0.25) is 0 Å². The Bertz CT molecular complexity index is 295. The molecular formula is C11H17ClN2. The van der Waals surface area contributed by atoms with Crippen molar-refractivity contribution in [3.63, 3.8) is 0 Å². The maximum atomic E-state index is 5.57. The Hall–Kier alpha value is -0.890. The second kappa shape index (κ2) is 5.11. The first kappa shape index (κ1) is 11.2. The highest BCUT2D eigenvalue weighted by Crippen LogP contribution is 2.22. The lowest BCUT2D eigenvalue weighted by Crippen LogP contribution is -2.21. The SMILES string of the molecule is CCN(CC)c1ccc(NCl)c(C)c1. The van der Waals surface area contributed by atoms with Crippen LogP contribution in [0.1, 0.15) is 19.4 Å². The van der Waals surface area contributed by atoms with Gasteiger partial charge in [-0.2, -0.15) is 0 Å². The van der Waals surface area contributed by atoms with Crippen molar-refractivity contribution in [2.75, 3.05) is 22.8 Å². The highest BCUT2D eigenvalue weighted by molar-refractivity contribution is 6.24. The average molecular weight is 213 g/mol. The Balaban J connectivity index is 2.95. The van der Waals surface area contributed by atoms with E-state index < -0.39 is 0 Å². The monoisotopic (exact) mass is 212 g/mol. The van der Waals surface area contributed by atoms with E-state index in [1.807, 2.05) is 6.07 Å². The number of halogens is 1. The third-order valence-corrected chi connectivity index (χ3v) is 2.64. The zero-order valence-electron chi connectivity index (χ0n) is 8.97. The number of nitrogens with zero attached hydrogens (tertiary/aromatic N) is 1. The van der Waals surface area contributed by atoms with Gasteiger partial charge in [0, 0.05) is 30.6 Å². The third-order valence-electron chi connectivity index (χ3n) is 2.44. The molecule has 1 aromatic carbocycles. The Kier molecular flexibility index (Phi) is 4.08. The highest BCUT2D eigenvalue weighted by Gasteiger charge is 2.03. The molecule has 0 aliphatic rings. The van der Waals surface area contributed by atoms with E-state index in [1.54, 1.807) is 0 Å². The molecule has 14 heavy (non-hydrogen) atoms. The molecule has 0 atom stereocenters. The van der Waals surface area contributed by atoms with Gasteiger partial charge in [0.1, 0.15) is 0 Å². The number of hydrogen-bond acceptors (Lipinski definition) is 2. The first-order chi connectivity index (χ1) is 6.72. The maximum Gasteiger partial charge on any atom is 0.0522 e. The number of aryl methyl sites for hydroxylation is 1. The van der Waals surface area contributed by atoms with Gasteiger partial charge in [-0.15, -0.1) is 0 Å². The van der Waals surface area contributed by atoms with Crippen molar-refractivity contribution in [3.05, 3.63) is 23.8 Å². The zero-order valence-corrected chi connectivity index (χ0v) is 9.73. The number of hydrogen-bond donors (Lipinski definition) is 1. The van der Waals surface area contributed by atoms with Crippen molar-refractivity contribution >= 4 is 23.2 Å². The number of benzene rings is 1. The van der Waals surface area contributed by atoms with Crippen LogP contribution in [0.15, 0.2) is 18.2 Å². The molecule has 0 heterocycles. The summed E-state index contributed by atoms with van der Waals surface area (Å²) in [7, 11) is 0. The van der Waals surface area contributed by atoms with E-state index in [4.69, 9.17) is 11.8 Å². The van der Waals surface area contributed by atoms with Crippen LogP contribution in [0.2, 0.25) is 0 Å². The Labute approximate surface area is 91.0 Å². The second-order valence-corrected chi connectivity index (χ2v) is 3.45. The first-order valence-corrected chi connectivity index (χ1v) is 5.33. The fourth-order valence-electron chi connectivity index (χ4n) is 1.54. The molecule has 0 radical (unpaired) electrons. The first-order valence-electron chi connectivity index (χ1n) is 4.95. The molecule has 0 aromatic heterocycles. The molecule has 0 bridgehead atoms. The van der Waals surface area contributed by atoms with Crippen molar-refractivity contribution in [2.24, 2.45) is 0 Å². The smallest absolute Gasteiger partial charge is 0.0522 e. The van der Waals surface area contributed by atoms with Gasteiger partial charge >= 0.3 is 0 Å². The van der Waals surface area contributed by atoms with Crippen LogP contribution in [0.5, 0.6) is 0 Å². The molecule has 1 aromatic rings. The molecule has 0 spiro atoms. The van der Waals surface area contributed by atoms with Crippen molar-refractivity contribution in [1.82, 2.24) is 0 Å².